The van der Waals surface area contributed by atoms with Gasteiger partial charge in [-0.1, -0.05) is 25.3 Å². The largest absolute Gasteiger partial charge is 0.384 e. The molecule has 0 bridgehead atoms. The number of benzene rings is 1. The first-order chi connectivity index (χ1) is 9.15. The van der Waals surface area contributed by atoms with Crippen molar-refractivity contribution in [2.75, 3.05) is 11.4 Å². The monoisotopic (exact) mass is 263 g/mol. The van der Waals surface area contributed by atoms with E-state index in [0.29, 0.717) is 6.04 Å². The Bertz CT molecular complexity index is 453. The second-order valence-corrected chi connectivity index (χ2v) is 5.13. The smallest absolute Gasteiger partial charge is 0.136 e. The van der Waals surface area contributed by atoms with Crippen LogP contribution < -0.4 is 10.6 Å². The molecule has 0 radical (unpaired) electrons. The van der Waals surface area contributed by atoms with Crippen molar-refractivity contribution in [3.8, 4) is 0 Å². The molecule has 1 aliphatic rings. The molecule has 1 aromatic rings. The number of hydrogen-bond donors (Lipinski definition) is 2. The van der Waals surface area contributed by atoms with Crippen molar-refractivity contribution in [1.82, 2.24) is 0 Å². The van der Waals surface area contributed by atoms with Gasteiger partial charge < -0.3 is 10.6 Å². The lowest BCUT2D eigenvalue weighted by molar-refractivity contribution is 0.417. The van der Waals surface area contributed by atoms with Crippen molar-refractivity contribution < 1.29 is 4.39 Å². The quantitative estimate of drug-likeness (QED) is 0.647. The molecule has 4 heteroatoms. The van der Waals surface area contributed by atoms with Gasteiger partial charge in [-0.2, -0.15) is 0 Å². The molecule has 0 aliphatic heterocycles. The predicted octanol–water partition coefficient (Wildman–Crippen LogP) is 3.27. The fraction of sp³-hybridized carbons (Fsp3) is 0.533. The van der Waals surface area contributed by atoms with Crippen LogP contribution in [0.5, 0.6) is 0 Å². The van der Waals surface area contributed by atoms with Crippen molar-refractivity contribution in [2.24, 2.45) is 5.73 Å². The van der Waals surface area contributed by atoms with Gasteiger partial charge in [-0.3, -0.25) is 5.41 Å². The third kappa shape index (κ3) is 2.88. The lowest BCUT2D eigenvalue weighted by atomic mass is 9.93. The van der Waals surface area contributed by atoms with E-state index in [-0.39, 0.29) is 11.4 Å². The standard InChI is InChI=1S/C15H22FN3/c1-2-19(11-7-4-3-5-8-11)13-10-6-9-12(16)14(13)15(17)18/h6,9-11H,2-5,7-8H2,1H3,(H3,17,18). The van der Waals surface area contributed by atoms with Crippen molar-refractivity contribution in [1.29, 1.82) is 5.41 Å². The molecule has 104 valence electrons. The molecule has 1 saturated carbocycles. The van der Waals surface area contributed by atoms with E-state index >= 15 is 0 Å². The summed E-state index contributed by atoms with van der Waals surface area (Å²) in [5.41, 5.74) is 6.57. The third-order valence-corrected chi connectivity index (χ3v) is 3.93. The number of halogens is 1. The highest BCUT2D eigenvalue weighted by molar-refractivity contribution is 6.00. The normalized spacial score (nSPS) is 16.3. The summed E-state index contributed by atoms with van der Waals surface area (Å²) in [4.78, 5) is 2.21. The van der Waals surface area contributed by atoms with Crippen LogP contribution in [0.25, 0.3) is 0 Å². The van der Waals surface area contributed by atoms with E-state index < -0.39 is 5.82 Å². The maximum absolute atomic E-state index is 13.9. The van der Waals surface area contributed by atoms with Crippen LogP contribution in [-0.4, -0.2) is 18.4 Å². The summed E-state index contributed by atoms with van der Waals surface area (Å²) >= 11 is 0. The molecule has 0 amide bonds. The zero-order valence-electron chi connectivity index (χ0n) is 11.5. The lowest BCUT2D eigenvalue weighted by Crippen LogP contribution is -2.38. The van der Waals surface area contributed by atoms with Crippen molar-refractivity contribution >= 4 is 11.5 Å². The van der Waals surface area contributed by atoms with Gasteiger partial charge in [-0.15, -0.1) is 0 Å². The molecule has 3 N–H and O–H groups in total. The van der Waals surface area contributed by atoms with Crippen LogP contribution in [0.1, 0.15) is 44.6 Å². The zero-order valence-corrected chi connectivity index (χ0v) is 11.5. The van der Waals surface area contributed by atoms with Gasteiger partial charge in [-0.25, -0.2) is 4.39 Å². The Kier molecular flexibility index (Phi) is 4.40. The van der Waals surface area contributed by atoms with Gasteiger partial charge in [0.1, 0.15) is 11.7 Å². The van der Waals surface area contributed by atoms with E-state index in [1.807, 2.05) is 6.07 Å². The first kappa shape index (κ1) is 13.8. The molecular formula is C15H22FN3. The average molecular weight is 263 g/mol. The Balaban J connectivity index is 2.37. The molecule has 0 aromatic heterocycles. The van der Waals surface area contributed by atoms with Gasteiger partial charge in [0.15, 0.2) is 0 Å². The van der Waals surface area contributed by atoms with Crippen LogP contribution in [0, 0.1) is 11.2 Å². The molecule has 1 aromatic carbocycles. The second kappa shape index (κ2) is 6.04. The molecule has 19 heavy (non-hydrogen) atoms. The van der Waals surface area contributed by atoms with Crippen molar-refractivity contribution in [3.63, 3.8) is 0 Å². The molecule has 0 atom stereocenters. The van der Waals surface area contributed by atoms with Gasteiger partial charge in [0.25, 0.3) is 0 Å². The second-order valence-electron chi connectivity index (χ2n) is 5.13. The van der Waals surface area contributed by atoms with Crippen LogP contribution in [0.4, 0.5) is 10.1 Å². The Hall–Kier alpha value is -1.58. The Morgan fingerprint density at radius 2 is 2.05 bits per heavy atom. The highest BCUT2D eigenvalue weighted by atomic mass is 19.1. The summed E-state index contributed by atoms with van der Waals surface area (Å²) in [6.45, 7) is 2.89. The fourth-order valence-corrected chi connectivity index (χ4v) is 3.04. The summed E-state index contributed by atoms with van der Waals surface area (Å²) in [7, 11) is 0. The molecule has 0 saturated heterocycles. The minimum atomic E-state index is -0.403. The number of rotatable bonds is 4. The van der Waals surface area contributed by atoms with Gasteiger partial charge in [0.05, 0.1) is 11.3 Å². The summed E-state index contributed by atoms with van der Waals surface area (Å²) in [6, 6.07) is 5.38. The molecular weight excluding hydrogens is 241 g/mol. The Morgan fingerprint density at radius 3 is 2.63 bits per heavy atom. The van der Waals surface area contributed by atoms with E-state index in [4.69, 9.17) is 11.1 Å². The summed E-state index contributed by atoms with van der Waals surface area (Å²) in [6.07, 6.45) is 6.03. The van der Waals surface area contributed by atoms with Crippen LogP contribution in [0.3, 0.4) is 0 Å². The van der Waals surface area contributed by atoms with Gasteiger partial charge in [0, 0.05) is 12.6 Å². The van der Waals surface area contributed by atoms with E-state index in [1.165, 1.54) is 25.3 Å². The van der Waals surface area contributed by atoms with E-state index in [9.17, 15) is 4.39 Å². The third-order valence-electron chi connectivity index (χ3n) is 3.93. The first-order valence-corrected chi connectivity index (χ1v) is 7.04. The summed E-state index contributed by atoms with van der Waals surface area (Å²) in [5.74, 6) is -0.596. The molecule has 2 rings (SSSR count). The molecule has 0 heterocycles. The van der Waals surface area contributed by atoms with Crippen molar-refractivity contribution in [3.05, 3.63) is 29.6 Å². The number of nitrogens with one attached hydrogen (secondary N) is 1. The summed E-state index contributed by atoms with van der Waals surface area (Å²) < 4.78 is 13.9. The average Bonchev–Trinajstić information content (AvgIpc) is 2.40. The highest BCUT2D eigenvalue weighted by Crippen LogP contribution is 2.30. The predicted molar refractivity (Wildman–Crippen MR) is 77.3 cm³/mol. The number of amidine groups is 1. The number of nitrogens with zero attached hydrogens (tertiary/aromatic N) is 1. The first-order valence-electron chi connectivity index (χ1n) is 7.04. The number of nitrogen functional groups attached to an aromatic ring is 1. The fourth-order valence-electron chi connectivity index (χ4n) is 3.04. The Morgan fingerprint density at radius 1 is 1.37 bits per heavy atom. The SMILES string of the molecule is CCN(c1cccc(F)c1C(=N)N)C1CCCCC1. The van der Waals surface area contributed by atoms with Gasteiger partial charge >= 0.3 is 0 Å². The molecule has 1 fully saturated rings. The van der Waals surface area contributed by atoms with Crippen molar-refractivity contribution in [2.45, 2.75) is 45.1 Å². The Labute approximate surface area is 114 Å². The highest BCUT2D eigenvalue weighted by Gasteiger charge is 2.24. The molecule has 0 spiro atoms. The molecule has 0 unspecified atom stereocenters. The van der Waals surface area contributed by atoms with Gasteiger partial charge in [0.2, 0.25) is 0 Å². The van der Waals surface area contributed by atoms with Crippen LogP contribution in [0.2, 0.25) is 0 Å². The zero-order chi connectivity index (χ0) is 13.8. The van der Waals surface area contributed by atoms with E-state index in [1.54, 1.807) is 6.07 Å². The van der Waals surface area contributed by atoms with E-state index in [0.717, 1.165) is 25.1 Å². The van der Waals surface area contributed by atoms with Crippen LogP contribution in [0.15, 0.2) is 18.2 Å². The maximum atomic E-state index is 13.9. The van der Waals surface area contributed by atoms with Gasteiger partial charge in [-0.05, 0) is 31.9 Å². The minimum absolute atomic E-state index is 0.192. The van der Waals surface area contributed by atoms with Crippen LogP contribution >= 0.6 is 0 Å². The summed E-state index contributed by atoms with van der Waals surface area (Å²) in [5, 5.41) is 7.61. The number of hydrogen-bond acceptors (Lipinski definition) is 2. The lowest BCUT2D eigenvalue weighted by Gasteiger charge is -2.36. The minimum Gasteiger partial charge on any atom is -0.384 e. The maximum Gasteiger partial charge on any atom is 0.136 e. The number of anilines is 1. The topological polar surface area (TPSA) is 53.1 Å². The van der Waals surface area contributed by atoms with E-state index in [2.05, 4.69) is 11.8 Å². The molecule has 3 nitrogen and oxygen atoms in total. The molecule has 1 aliphatic carbocycles. The number of nitrogens with two attached hydrogens (primary N) is 1. The van der Waals surface area contributed by atoms with Crippen LogP contribution in [-0.2, 0) is 0 Å².